The highest BCUT2D eigenvalue weighted by Crippen LogP contribution is 2.56. The van der Waals surface area contributed by atoms with Gasteiger partial charge >= 0.3 is 5.97 Å². The molecule has 2 aromatic carbocycles. The van der Waals surface area contributed by atoms with Gasteiger partial charge in [0.05, 0.1) is 12.2 Å². The summed E-state index contributed by atoms with van der Waals surface area (Å²) in [5, 5.41) is 9.01. The number of hydrogen-bond donors (Lipinski definition) is 1. The van der Waals surface area contributed by atoms with Crippen LogP contribution < -0.4 is 4.74 Å². The minimum atomic E-state index is -0.675. The predicted molar refractivity (Wildman–Crippen MR) is 107 cm³/mol. The van der Waals surface area contributed by atoms with E-state index in [1.165, 1.54) is 0 Å². The number of rotatable bonds is 8. The fourth-order valence-electron chi connectivity index (χ4n) is 4.75. The van der Waals surface area contributed by atoms with Gasteiger partial charge in [0.25, 0.3) is 0 Å². The highest BCUT2D eigenvalue weighted by Gasteiger charge is 2.49. The maximum Gasteiger partial charge on any atom is 0.303 e. The maximum atomic E-state index is 10.9. The van der Waals surface area contributed by atoms with E-state index in [1.807, 2.05) is 48.5 Å². The van der Waals surface area contributed by atoms with Gasteiger partial charge < -0.3 is 14.6 Å². The Kier molecular flexibility index (Phi) is 5.40. The van der Waals surface area contributed by atoms with Crippen LogP contribution in [0.2, 0.25) is 0 Å². The van der Waals surface area contributed by atoms with E-state index in [4.69, 9.17) is 14.6 Å². The molecule has 3 aliphatic carbocycles. The summed E-state index contributed by atoms with van der Waals surface area (Å²) < 4.78 is 12.4. The summed E-state index contributed by atoms with van der Waals surface area (Å²) in [6, 6.07) is 17.9. The zero-order valence-corrected chi connectivity index (χ0v) is 16.2. The van der Waals surface area contributed by atoms with Gasteiger partial charge in [-0.05, 0) is 80.2 Å². The number of carboxylic acid groups (broad SMARTS) is 1. The number of carbonyl (C=O) groups is 1. The quantitative estimate of drug-likeness (QED) is 0.614. The Morgan fingerprint density at radius 2 is 1.57 bits per heavy atom. The maximum absolute atomic E-state index is 10.9. The van der Waals surface area contributed by atoms with E-state index in [2.05, 4.69) is 6.07 Å². The van der Waals surface area contributed by atoms with E-state index in [0.29, 0.717) is 13.0 Å². The van der Waals surface area contributed by atoms with E-state index in [9.17, 15) is 4.79 Å². The van der Waals surface area contributed by atoms with Crippen LogP contribution >= 0.6 is 0 Å². The Morgan fingerprint density at radius 3 is 2.25 bits per heavy atom. The van der Waals surface area contributed by atoms with Crippen LogP contribution in [0.3, 0.4) is 0 Å². The number of aliphatic carboxylic acids is 1. The second-order valence-electron chi connectivity index (χ2n) is 8.43. The van der Waals surface area contributed by atoms with Gasteiger partial charge in [0.2, 0.25) is 0 Å². The van der Waals surface area contributed by atoms with Crippen molar-refractivity contribution in [2.75, 3.05) is 0 Å². The molecule has 0 aliphatic heterocycles. The summed E-state index contributed by atoms with van der Waals surface area (Å²) in [6.45, 7) is 0.591. The van der Waals surface area contributed by atoms with Crippen molar-refractivity contribution in [1.29, 1.82) is 0 Å². The van der Waals surface area contributed by atoms with E-state index in [0.717, 1.165) is 62.0 Å². The number of ether oxygens (including phenoxy) is 2. The Morgan fingerprint density at radius 1 is 0.893 bits per heavy atom. The topological polar surface area (TPSA) is 55.8 Å². The lowest BCUT2D eigenvalue weighted by atomic mass is 9.57. The normalized spacial score (nSPS) is 26.1. The molecule has 3 fully saturated rings. The summed E-state index contributed by atoms with van der Waals surface area (Å²) >= 11 is 0. The molecule has 0 atom stereocenters. The van der Waals surface area contributed by atoms with Crippen LogP contribution in [0.15, 0.2) is 54.6 Å². The lowest BCUT2D eigenvalue weighted by Gasteiger charge is -2.53. The molecule has 0 radical (unpaired) electrons. The van der Waals surface area contributed by atoms with Crippen molar-refractivity contribution in [1.82, 2.24) is 0 Å². The fraction of sp³-hybridized carbons (Fsp3) is 0.458. The zero-order valence-electron chi connectivity index (χ0n) is 16.2. The molecule has 0 spiro atoms. The molecule has 5 rings (SSSR count). The van der Waals surface area contributed by atoms with Crippen LogP contribution in [-0.4, -0.2) is 16.7 Å². The van der Waals surface area contributed by atoms with Crippen molar-refractivity contribution < 1.29 is 19.4 Å². The third-order valence-corrected chi connectivity index (χ3v) is 6.62. The minimum Gasteiger partial charge on any atom is -0.481 e. The van der Waals surface area contributed by atoms with Gasteiger partial charge in [-0.15, -0.1) is 0 Å². The van der Waals surface area contributed by atoms with Crippen molar-refractivity contribution in [3.05, 3.63) is 60.2 Å². The molecule has 0 heterocycles. The molecule has 2 aromatic rings. The Labute approximate surface area is 166 Å². The summed E-state index contributed by atoms with van der Waals surface area (Å²) in [7, 11) is 0. The van der Waals surface area contributed by atoms with Gasteiger partial charge in [-0.1, -0.05) is 30.3 Å². The monoisotopic (exact) mass is 380 g/mol. The zero-order chi connectivity index (χ0) is 19.5. The lowest BCUT2D eigenvalue weighted by molar-refractivity contribution is -0.150. The number of hydrogen-bond acceptors (Lipinski definition) is 3. The summed E-state index contributed by atoms with van der Waals surface area (Å²) in [6.07, 6.45) is 7.54. The first-order chi connectivity index (χ1) is 13.6. The van der Waals surface area contributed by atoms with Crippen molar-refractivity contribution in [3.63, 3.8) is 0 Å². The van der Waals surface area contributed by atoms with Gasteiger partial charge in [-0.25, -0.2) is 0 Å². The number of benzene rings is 2. The Bertz CT molecular complexity index is 790. The molecule has 1 N–H and O–H groups in total. The SMILES string of the molecule is O=C(O)CCC12CCC(OCc3cccc(Oc4ccccc4)c3)(CC1)CC2. The summed E-state index contributed by atoms with van der Waals surface area (Å²) in [5.41, 5.74) is 1.34. The standard InChI is InChI=1S/C24H28O4/c25-22(26)9-10-23-11-14-24(15-12-23,16-13-23)27-18-19-5-4-8-21(17-19)28-20-6-2-1-3-7-20/h1-8,17H,9-16,18H2,(H,25,26). The third-order valence-electron chi connectivity index (χ3n) is 6.62. The van der Waals surface area contributed by atoms with Crippen LogP contribution in [-0.2, 0) is 16.1 Å². The summed E-state index contributed by atoms with van der Waals surface area (Å²) in [4.78, 5) is 10.9. The van der Waals surface area contributed by atoms with Crippen molar-refractivity contribution in [2.24, 2.45) is 5.41 Å². The van der Waals surface area contributed by atoms with E-state index >= 15 is 0 Å². The highest BCUT2D eigenvalue weighted by molar-refractivity contribution is 5.66. The second kappa shape index (κ2) is 7.96. The lowest BCUT2D eigenvalue weighted by Crippen LogP contribution is -2.47. The van der Waals surface area contributed by atoms with Crippen LogP contribution in [0.1, 0.15) is 56.9 Å². The van der Waals surface area contributed by atoms with Crippen LogP contribution in [0.25, 0.3) is 0 Å². The molecule has 2 bridgehead atoms. The van der Waals surface area contributed by atoms with Crippen LogP contribution in [0.5, 0.6) is 11.5 Å². The number of fused-ring (bicyclic) bond motifs is 3. The van der Waals surface area contributed by atoms with Crippen LogP contribution in [0, 0.1) is 5.41 Å². The van der Waals surface area contributed by atoms with Crippen molar-refractivity contribution in [2.45, 2.75) is 63.6 Å². The Balaban J connectivity index is 1.33. The van der Waals surface area contributed by atoms with Gasteiger partial charge in [-0.2, -0.15) is 0 Å². The third kappa shape index (κ3) is 4.39. The minimum absolute atomic E-state index is 0.0265. The largest absolute Gasteiger partial charge is 0.481 e. The first-order valence-corrected chi connectivity index (χ1v) is 10.2. The second-order valence-corrected chi connectivity index (χ2v) is 8.43. The smallest absolute Gasteiger partial charge is 0.303 e. The molecule has 3 aliphatic rings. The Hall–Kier alpha value is -2.33. The van der Waals surface area contributed by atoms with E-state index in [-0.39, 0.29) is 11.0 Å². The van der Waals surface area contributed by atoms with Gasteiger partial charge in [0.15, 0.2) is 0 Å². The molecule has 148 valence electrons. The average molecular weight is 380 g/mol. The first kappa shape index (κ1) is 19.0. The average Bonchev–Trinajstić information content (AvgIpc) is 2.74. The number of carboxylic acids is 1. The molecule has 4 nitrogen and oxygen atoms in total. The molecule has 0 unspecified atom stereocenters. The predicted octanol–water partition coefficient (Wildman–Crippen LogP) is 5.95. The van der Waals surface area contributed by atoms with Crippen LogP contribution in [0.4, 0.5) is 0 Å². The van der Waals surface area contributed by atoms with Gasteiger partial charge in [0, 0.05) is 6.42 Å². The van der Waals surface area contributed by atoms with Gasteiger partial charge in [-0.3, -0.25) is 4.79 Å². The molecule has 0 amide bonds. The van der Waals surface area contributed by atoms with E-state index < -0.39 is 5.97 Å². The first-order valence-electron chi connectivity index (χ1n) is 10.2. The molecule has 28 heavy (non-hydrogen) atoms. The molecular formula is C24H28O4. The van der Waals surface area contributed by atoms with Crippen molar-refractivity contribution >= 4 is 5.97 Å². The molecule has 0 aromatic heterocycles. The number of para-hydroxylation sites is 1. The van der Waals surface area contributed by atoms with Gasteiger partial charge in [0.1, 0.15) is 11.5 Å². The van der Waals surface area contributed by atoms with Crippen molar-refractivity contribution in [3.8, 4) is 11.5 Å². The summed E-state index contributed by atoms with van der Waals surface area (Å²) in [5.74, 6) is 0.979. The molecule has 4 heteroatoms. The fourth-order valence-corrected chi connectivity index (χ4v) is 4.75. The highest BCUT2D eigenvalue weighted by atomic mass is 16.5. The molecular weight excluding hydrogens is 352 g/mol. The van der Waals surface area contributed by atoms with E-state index in [1.54, 1.807) is 0 Å². The molecule has 3 saturated carbocycles. The molecule has 0 saturated heterocycles.